The summed E-state index contributed by atoms with van der Waals surface area (Å²) in [4.78, 5) is 11.5. The summed E-state index contributed by atoms with van der Waals surface area (Å²) < 4.78 is 17.2. The zero-order chi connectivity index (χ0) is 21.8. The maximum Gasteiger partial charge on any atom is 0.308 e. The molecule has 0 fully saturated rings. The lowest BCUT2D eigenvalue weighted by Crippen LogP contribution is -2.29. The number of rotatable bonds is 6. The summed E-state index contributed by atoms with van der Waals surface area (Å²) in [6, 6.07) is 7.68. The lowest BCUT2D eigenvalue weighted by Gasteiger charge is -2.39. The Morgan fingerprint density at radius 3 is 1.93 bits per heavy atom. The minimum Gasteiger partial charge on any atom is -0.496 e. The maximum absolute atomic E-state index is 11.5. The second-order valence-corrected chi connectivity index (χ2v) is 6.81. The average Bonchev–Trinajstić information content (AvgIpc) is 2.74. The highest BCUT2D eigenvalue weighted by molar-refractivity contribution is 5.75. The number of carboxylic acids is 1. The highest BCUT2D eigenvalue weighted by atomic mass is 16.5. The van der Waals surface area contributed by atoms with Crippen molar-refractivity contribution in [2.75, 3.05) is 14.2 Å². The van der Waals surface area contributed by atoms with E-state index in [4.69, 9.17) is 19.9 Å². The summed E-state index contributed by atoms with van der Waals surface area (Å²) in [7, 11) is 3.12. The van der Waals surface area contributed by atoms with E-state index in [0.717, 1.165) is 23.1 Å². The van der Waals surface area contributed by atoms with Gasteiger partial charge in [0.25, 0.3) is 0 Å². The highest BCUT2D eigenvalue weighted by Gasteiger charge is 2.40. The van der Waals surface area contributed by atoms with Crippen LogP contribution in [0.2, 0.25) is 0 Å². The number of fused-ring (bicyclic) bond motifs is 2. The SMILES string of the molecule is CC.CCC1(C)c2ccc(OC)c(CN)c2Oc2c1ccc(OC)c2CC(=O)O. The Bertz CT molecular complexity index is 893. The lowest BCUT2D eigenvalue weighted by molar-refractivity contribution is -0.136. The Morgan fingerprint density at radius 2 is 1.52 bits per heavy atom. The van der Waals surface area contributed by atoms with E-state index in [2.05, 4.69) is 13.8 Å². The summed E-state index contributed by atoms with van der Waals surface area (Å²) in [5, 5.41) is 9.40. The van der Waals surface area contributed by atoms with Gasteiger partial charge in [-0.15, -0.1) is 0 Å². The molecular formula is C23H31NO5. The van der Waals surface area contributed by atoms with Gasteiger partial charge in [0.15, 0.2) is 0 Å². The van der Waals surface area contributed by atoms with Crippen LogP contribution in [0.15, 0.2) is 24.3 Å². The van der Waals surface area contributed by atoms with Crippen LogP contribution in [0, 0.1) is 0 Å². The van der Waals surface area contributed by atoms with Gasteiger partial charge < -0.3 is 25.1 Å². The van der Waals surface area contributed by atoms with Crippen molar-refractivity contribution in [3.05, 3.63) is 46.5 Å². The van der Waals surface area contributed by atoms with Crippen molar-refractivity contribution >= 4 is 5.97 Å². The number of benzene rings is 2. The van der Waals surface area contributed by atoms with Crippen molar-refractivity contribution in [3.8, 4) is 23.0 Å². The van der Waals surface area contributed by atoms with Crippen molar-refractivity contribution in [2.24, 2.45) is 5.73 Å². The van der Waals surface area contributed by atoms with E-state index in [0.29, 0.717) is 28.6 Å². The summed E-state index contributed by atoms with van der Waals surface area (Å²) in [5.74, 6) is 1.39. The number of carboxylic acid groups (broad SMARTS) is 1. The highest BCUT2D eigenvalue weighted by Crippen LogP contribution is 2.54. The first kappa shape index (κ1) is 22.6. The van der Waals surface area contributed by atoms with Crippen LogP contribution in [0.5, 0.6) is 23.0 Å². The predicted molar refractivity (Wildman–Crippen MR) is 113 cm³/mol. The fraction of sp³-hybridized carbons (Fsp3) is 0.435. The molecule has 1 aliphatic rings. The number of aliphatic carboxylic acids is 1. The van der Waals surface area contributed by atoms with Gasteiger partial charge in [-0.25, -0.2) is 0 Å². The molecule has 1 aliphatic heterocycles. The van der Waals surface area contributed by atoms with E-state index in [1.807, 2.05) is 38.1 Å². The molecule has 6 heteroatoms. The number of hydrogen-bond acceptors (Lipinski definition) is 5. The van der Waals surface area contributed by atoms with E-state index < -0.39 is 5.97 Å². The molecule has 0 spiro atoms. The Morgan fingerprint density at radius 1 is 1.03 bits per heavy atom. The second kappa shape index (κ2) is 9.18. The van der Waals surface area contributed by atoms with Gasteiger partial charge in [-0.1, -0.05) is 39.8 Å². The van der Waals surface area contributed by atoms with Crippen LogP contribution >= 0.6 is 0 Å². The second-order valence-electron chi connectivity index (χ2n) is 6.81. The van der Waals surface area contributed by atoms with Gasteiger partial charge in [-0.2, -0.15) is 0 Å². The van der Waals surface area contributed by atoms with Crippen LogP contribution in [-0.4, -0.2) is 25.3 Å². The molecule has 29 heavy (non-hydrogen) atoms. The van der Waals surface area contributed by atoms with Crippen LogP contribution in [0.25, 0.3) is 0 Å². The zero-order valence-electron chi connectivity index (χ0n) is 18.1. The number of ether oxygens (including phenoxy) is 3. The molecule has 0 amide bonds. The van der Waals surface area contributed by atoms with Crippen molar-refractivity contribution in [1.29, 1.82) is 0 Å². The first-order chi connectivity index (χ1) is 13.9. The Kier molecular flexibility index (Phi) is 7.14. The van der Waals surface area contributed by atoms with Crippen molar-refractivity contribution in [3.63, 3.8) is 0 Å². The third-order valence-electron chi connectivity index (χ3n) is 5.51. The molecule has 0 radical (unpaired) electrons. The monoisotopic (exact) mass is 401 g/mol. The van der Waals surface area contributed by atoms with E-state index in [1.165, 1.54) is 7.11 Å². The van der Waals surface area contributed by atoms with Gasteiger partial charge in [0.05, 0.1) is 26.2 Å². The van der Waals surface area contributed by atoms with Crippen LogP contribution in [0.4, 0.5) is 0 Å². The van der Waals surface area contributed by atoms with E-state index >= 15 is 0 Å². The molecule has 3 rings (SSSR count). The largest absolute Gasteiger partial charge is 0.496 e. The van der Waals surface area contributed by atoms with E-state index in [9.17, 15) is 9.90 Å². The third kappa shape index (κ3) is 3.77. The Balaban J connectivity index is 0.00000145. The van der Waals surface area contributed by atoms with Gasteiger partial charge in [-0.3, -0.25) is 4.79 Å². The first-order valence-electron chi connectivity index (χ1n) is 9.91. The molecule has 0 saturated heterocycles. The fourth-order valence-corrected chi connectivity index (χ4v) is 3.84. The summed E-state index contributed by atoms with van der Waals surface area (Å²) in [6.45, 7) is 8.49. The first-order valence-corrected chi connectivity index (χ1v) is 9.91. The van der Waals surface area contributed by atoms with Crippen LogP contribution in [0.1, 0.15) is 56.4 Å². The lowest BCUT2D eigenvalue weighted by atomic mass is 9.71. The van der Waals surface area contributed by atoms with Gasteiger partial charge in [0.2, 0.25) is 0 Å². The zero-order valence-corrected chi connectivity index (χ0v) is 18.1. The standard InChI is InChI=1S/C21H25NO5.C2H6/c1-5-21(2)14-6-8-16(25-3)12(10-18(23)24)19(14)27-20-13(11-22)17(26-4)9-7-15(20)21;1-2/h6-9H,5,10-11,22H2,1-4H3,(H,23,24);1-2H3. The quantitative estimate of drug-likeness (QED) is 0.733. The molecule has 1 heterocycles. The van der Waals surface area contributed by atoms with Crippen molar-refractivity contribution in [1.82, 2.24) is 0 Å². The van der Waals surface area contributed by atoms with Crippen molar-refractivity contribution < 1.29 is 24.1 Å². The van der Waals surface area contributed by atoms with Gasteiger partial charge in [-0.05, 0) is 18.6 Å². The van der Waals surface area contributed by atoms with Gasteiger partial charge in [0.1, 0.15) is 23.0 Å². The molecule has 2 aromatic carbocycles. The average molecular weight is 402 g/mol. The fourth-order valence-electron chi connectivity index (χ4n) is 3.84. The number of carbonyl (C=O) groups is 1. The minimum atomic E-state index is -0.945. The number of methoxy groups -OCH3 is 2. The van der Waals surface area contributed by atoms with E-state index in [1.54, 1.807) is 7.11 Å². The van der Waals surface area contributed by atoms with Crippen LogP contribution < -0.4 is 19.9 Å². The molecule has 0 aromatic heterocycles. The van der Waals surface area contributed by atoms with Gasteiger partial charge in [0, 0.05) is 28.7 Å². The molecular weight excluding hydrogens is 370 g/mol. The topological polar surface area (TPSA) is 91.0 Å². The van der Waals surface area contributed by atoms with Crippen LogP contribution in [-0.2, 0) is 23.2 Å². The molecule has 6 nitrogen and oxygen atoms in total. The third-order valence-corrected chi connectivity index (χ3v) is 5.51. The molecule has 0 saturated carbocycles. The summed E-state index contributed by atoms with van der Waals surface area (Å²) >= 11 is 0. The Labute approximate surface area is 172 Å². The maximum atomic E-state index is 11.5. The molecule has 3 N–H and O–H groups in total. The normalized spacial score (nSPS) is 16.5. The van der Waals surface area contributed by atoms with Crippen molar-refractivity contribution in [2.45, 2.75) is 52.5 Å². The minimum absolute atomic E-state index is 0.191. The van der Waals surface area contributed by atoms with Crippen LogP contribution in [0.3, 0.4) is 0 Å². The Hall–Kier alpha value is -2.73. The molecule has 2 aromatic rings. The summed E-state index contributed by atoms with van der Waals surface area (Å²) in [5.41, 5.74) is 8.91. The van der Waals surface area contributed by atoms with Gasteiger partial charge >= 0.3 is 5.97 Å². The molecule has 1 unspecified atom stereocenters. The van der Waals surface area contributed by atoms with E-state index in [-0.39, 0.29) is 18.4 Å². The molecule has 0 aliphatic carbocycles. The molecule has 0 bridgehead atoms. The number of hydrogen-bond donors (Lipinski definition) is 2. The number of nitrogens with two attached hydrogens (primary N) is 1. The summed E-state index contributed by atoms with van der Waals surface area (Å²) in [6.07, 6.45) is 0.620. The molecule has 1 atom stereocenters. The smallest absolute Gasteiger partial charge is 0.308 e. The molecule has 158 valence electrons. The predicted octanol–water partition coefficient (Wildman–Crippen LogP) is 4.64.